The molecular weight excluding hydrogens is 214 g/mol. The van der Waals surface area contributed by atoms with Crippen LogP contribution in [0, 0.1) is 0 Å². The van der Waals surface area contributed by atoms with Gasteiger partial charge in [-0.15, -0.1) is 0 Å². The Hall–Kier alpha value is -1.35. The summed E-state index contributed by atoms with van der Waals surface area (Å²) in [5.41, 5.74) is 3.39. The first-order valence-electron chi connectivity index (χ1n) is 6.04. The average Bonchev–Trinajstić information content (AvgIpc) is 2.39. The number of hydrogen-bond donors (Lipinski definition) is 1. The summed E-state index contributed by atoms with van der Waals surface area (Å²) >= 11 is 0. The van der Waals surface area contributed by atoms with E-state index in [1.165, 1.54) is 11.1 Å². The number of carbonyl (C=O) groups is 1. The molecule has 0 bridgehead atoms. The summed E-state index contributed by atoms with van der Waals surface area (Å²) in [5, 5.41) is 2.77. The zero-order valence-corrected chi connectivity index (χ0v) is 11.2. The number of methoxy groups -OCH3 is 1. The summed E-state index contributed by atoms with van der Waals surface area (Å²) in [6.07, 6.45) is 2.64. The Morgan fingerprint density at radius 1 is 1.18 bits per heavy atom. The second kappa shape index (κ2) is 9.85. The van der Waals surface area contributed by atoms with Gasteiger partial charge in [-0.2, -0.15) is 0 Å². The van der Waals surface area contributed by atoms with E-state index in [0.29, 0.717) is 0 Å². The number of anilines is 1. The highest BCUT2D eigenvalue weighted by Crippen LogP contribution is 2.21. The second-order valence-corrected chi connectivity index (χ2v) is 3.50. The third kappa shape index (κ3) is 5.50. The normalized spacial score (nSPS) is 9.18. The monoisotopic (exact) mass is 237 g/mol. The molecule has 3 nitrogen and oxygen atoms in total. The van der Waals surface area contributed by atoms with E-state index in [1.54, 1.807) is 7.11 Å². The van der Waals surface area contributed by atoms with E-state index >= 15 is 0 Å². The lowest BCUT2D eigenvalue weighted by Gasteiger charge is -2.10. The van der Waals surface area contributed by atoms with Gasteiger partial charge in [0.2, 0.25) is 6.41 Å². The molecule has 0 aliphatic rings. The van der Waals surface area contributed by atoms with Gasteiger partial charge in [-0.05, 0) is 30.9 Å². The van der Waals surface area contributed by atoms with Gasteiger partial charge >= 0.3 is 0 Å². The summed E-state index contributed by atoms with van der Waals surface area (Å²) < 4.78 is 4.54. The van der Waals surface area contributed by atoms with Crippen LogP contribution in [-0.2, 0) is 22.4 Å². The van der Waals surface area contributed by atoms with Gasteiger partial charge < -0.3 is 10.1 Å². The lowest BCUT2D eigenvalue weighted by Crippen LogP contribution is -2.02. The van der Waals surface area contributed by atoms with Crippen LogP contribution in [-0.4, -0.2) is 20.1 Å². The van der Waals surface area contributed by atoms with E-state index in [0.717, 1.165) is 31.5 Å². The molecule has 0 heterocycles. The number of ether oxygens (including phenoxy) is 1. The molecule has 0 atom stereocenters. The number of nitrogens with one attached hydrogen (secondary N) is 1. The van der Waals surface area contributed by atoms with Gasteiger partial charge in [0, 0.05) is 19.4 Å². The molecule has 0 saturated heterocycles. The summed E-state index contributed by atoms with van der Waals surface area (Å²) in [7, 11) is 1.68. The number of carbonyl (C=O) groups excluding carboxylic acids is 1. The molecule has 0 fully saturated rings. The van der Waals surface area contributed by atoms with Crippen molar-refractivity contribution in [2.45, 2.75) is 33.6 Å². The van der Waals surface area contributed by atoms with Crippen molar-refractivity contribution in [2.75, 3.05) is 19.0 Å². The van der Waals surface area contributed by atoms with Gasteiger partial charge in [0.15, 0.2) is 0 Å². The molecule has 0 aliphatic heterocycles. The van der Waals surface area contributed by atoms with E-state index in [2.05, 4.69) is 23.9 Å². The molecule has 0 spiro atoms. The van der Waals surface area contributed by atoms with Gasteiger partial charge in [-0.1, -0.05) is 32.0 Å². The highest BCUT2D eigenvalue weighted by molar-refractivity contribution is 5.75. The van der Waals surface area contributed by atoms with Gasteiger partial charge in [-0.3, -0.25) is 4.79 Å². The van der Waals surface area contributed by atoms with Crippen LogP contribution in [0.3, 0.4) is 0 Å². The van der Waals surface area contributed by atoms with Gasteiger partial charge in [0.05, 0.1) is 0 Å². The summed E-state index contributed by atoms with van der Waals surface area (Å²) in [5.74, 6) is 0. The summed E-state index contributed by atoms with van der Waals surface area (Å²) in [6.45, 7) is 6.95. The first kappa shape index (κ1) is 15.7. The molecule has 0 aliphatic carbocycles. The Morgan fingerprint density at radius 2 is 1.65 bits per heavy atom. The molecule has 0 radical (unpaired) electrons. The molecule has 1 aromatic carbocycles. The topological polar surface area (TPSA) is 38.3 Å². The number of benzene rings is 1. The van der Waals surface area contributed by atoms with Crippen LogP contribution in [0.2, 0.25) is 0 Å². The van der Waals surface area contributed by atoms with E-state index < -0.39 is 0 Å². The van der Waals surface area contributed by atoms with Crippen molar-refractivity contribution in [3.05, 3.63) is 29.3 Å². The zero-order chi connectivity index (χ0) is 13.1. The fourth-order valence-electron chi connectivity index (χ4n) is 1.49. The lowest BCUT2D eigenvalue weighted by atomic mass is 10.0. The van der Waals surface area contributed by atoms with Crippen LogP contribution in [0.15, 0.2) is 18.2 Å². The minimum absolute atomic E-state index is 0.744. The van der Waals surface area contributed by atoms with Gasteiger partial charge in [-0.25, -0.2) is 0 Å². The third-order valence-electron chi connectivity index (χ3n) is 2.49. The maximum atomic E-state index is 10.4. The molecule has 1 amide bonds. The number of hydrogen-bond acceptors (Lipinski definition) is 2. The number of amides is 1. The summed E-state index contributed by atoms with van der Waals surface area (Å²) in [4.78, 5) is 10.4. The minimum Gasteiger partial charge on any atom is -0.385 e. The Kier molecular flexibility index (Phi) is 9.06. The van der Waals surface area contributed by atoms with Crippen LogP contribution in [0.1, 0.15) is 31.9 Å². The first-order chi connectivity index (χ1) is 8.24. The maximum absolute atomic E-state index is 10.4. The van der Waals surface area contributed by atoms with Crippen molar-refractivity contribution in [2.24, 2.45) is 0 Å². The average molecular weight is 237 g/mol. The molecular formula is C14H23NO2. The van der Waals surface area contributed by atoms with Gasteiger partial charge in [0.1, 0.15) is 0 Å². The fourth-order valence-corrected chi connectivity index (χ4v) is 1.49. The highest BCUT2D eigenvalue weighted by Gasteiger charge is 2.03. The minimum atomic E-state index is 0.744. The van der Waals surface area contributed by atoms with Crippen molar-refractivity contribution < 1.29 is 9.53 Å². The Bertz CT molecular complexity index is 300. The molecule has 17 heavy (non-hydrogen) atoms. The third-order valence-corrected chi connectivity index (χ3v) is 2.49. The standard InChI is InChI=1S/C11H15NO.C3H8O/c1-3-9-6-5-7-10(4-2)11(9)12-8-13;1-3-4-2/h5-8H,3-4H2,1-2H3,(H,12,13);3H2,1-2H3. The van der Waals surface area contributed by atoms with E-state index in [-0.39, 0.29) is 0 Å². The SMILES string of the molecule is CCOC.CCc1cccc(CC)c1NC=O. The largest absolute Gasteiger partial charge is 0.385 e. The summed E-state index contributed by atoms with van der Waals surface area (Å²) in [6, 6.07) is 6.13. The quantitative estimate of drug-likeness (QED) is 0.799. The smallest absolute Gasteiger partial charge is 0.211 e. The Labute approximate surface area is 104 Å². The van der Waals surface area contributed by atoms with Crippen molar-refractivity contribution in [1.82, 2.24) is 0 Å². The van der Waals surface area contributed by atoms with Crippen LogP contribution in [0.25, 0.3) is 0 Å². The number of aryl methyl sites for hydroxylation is 2. The predicted octanol–water partition coefficient (Wildman–Crippen LogP) is 3.03. The molecule has 1 aromatic rings. The van der Waals surface area contributed by atoms with E-state index in [1.807, 2.05) is 25.1 Å². The first-order valence-corrected chi connectivity index (χ1v) is 6.04. The van der Waals surface area contributed by atoms with Crippen molar-refractivity contribution in [1.29, 1.82) is 0 Å². The molecule has 1 N–H and O–H groups in total. The molecule has 0 saturated carbocycles. The van der Waals surface area contributed by atoms with Crippen LogP contribution >= 0.6 is 0 Å². The van der Waals surface area contributed by atoms with Gasteiger partial charge in [0.25, 0.3) is 0 Å². The van der Waals surface area contributed by atoms with E-state index in [4.69, 9.17) is 0 Å². The molecule has 3 heteroatoms. The lowest BCUT2D eigenvalue weighted by molar-refractivity contribution is -0.105. The highest BCUT2D eigenvalue weighted by atomic mass is 16.5. The molecule has 0 unspecified atom stereocenters. The van der Waals surface area contributed by atoms with E-state index in [9.17, 15) is 4.79 Å². The van der Waals surface area contributed by atoms with Crippen molar-refractivity contribution in [3.63, 3.8) is 0 Å². The van der Waals surface area contributed by atoms with Crippen LogP contribution < -0.4 is 5.32 Å². The Balaban J connectivity index is 0.000000557. The van der Waals surface area contributed by atoms with Crippen molar-refractivity contribution >= 4 is 12.1 Å². The molecule has 0 aromatic heterocycles. The maximum Gasteiger partial charge on any atom is 0.211 e. The zero-order valence-electron chi connectivity index (χ0n) is 11.2. The van der Waals surface area contributed by atoms with Crippen molar-refractivity contribution in [3.8, 4) is 0 Å². The number of para-hydroxylation sites is 1. The molecule has 1 rings (SSSR count). The van der Waals surface area contributed by atoms with Crippen LogP contribution in [0.4, 0.5) is 5.69 Å². The fraction of sp³-hybridized carbons (Fsp3) is 0.500. The molecule has 96 valence electrons. The second-order valence-electron chi connectivity index (χ2n) is 3.50. The van der Waals surface area contributed by atoms with Crippen LogP contribution in [0.5, 0.6) is 0 Å². The Morgan fingerprint density at radius 3 is 1.94 bits per heavy atom. The predicted molar refractivity (Wildman–Crippen MR) is 72.4 cm³/mol. The number of rotatable bonds is 5.